The Labute approximate surface area is 124 Å². The van der Waals surface area contributed by atoms with Gasteiger partial charge in [-0.05, 0) is 13.8 Å². The molecule has 3 amide bonds. The van der Waals surface area contributed by atoms with Gasteiger partial charge in [0, 0.05) is 20.1 Å². The SMILES string of the molecule is CCNC(=O)CN(CC)C(=O)N(C)C1COCC1C(=O)O. The summed E-state index contributed by atoms with van der Waals surface area (Å²) in [5.41, 5.74) is 0. The predicted octanol–water partition coefficient (Wildman–Crippen LogP) is -0.404. The maximum Gasteiger partial charge on any atom is 0.320 e. The first-order valence-electron chi connectivity index (χ1n) is 7.01. The van der Waals surface area contributed by atoms with E-state index in [9.17, 15) is 14.4 Å². The lowest BCUT2D eigenvalue weighted by atomic mass is 10.0. The molecule has 1 rings (SSSR count). The van der Waals surface area contributed by atoms with Gasteiger partial charge in [0.05, 0.1) is 19.3 Å². The molecule has 0 aromatic rings. The number of aliphatic carboxylic acids is 1. The van der Waals surface area contributed by atoms with Crippen LogP contribution in [0.1, 0.15) is 13.8 Å². The predicted molar refractivity (Wildman–Crippen MR) is 74.8 cm³/mol. The molecule has 8 heteroatoms. The molecule has 2 unspecified atom stereocenters. The molecule has 1 saturated heterocycles. The number of hydrogen-bond acceptors (Lipinski definition) is 4. The Morgan fingerprint density at radius 2 is 1.95 bits per heavy atom. The second-order valence-electron chi connectivity index (χ2n) is 4.91. The van der Waals surface area contributed by atoms with E-state index in [1.54, 1.807) is 13.8 Å². The number of carbonyl (C=O) groups excluding carboxylic acids is 2. The average molecular weight is 301 g/mol. The molecule has 1 heterocycles. The molecule has 1 aliphatic heterocycles. The summed E-state index contributed by atoms with van der Waals surface area (Å²) in [5.74, 6) is -1.95. The van der Waals surface area contributed by atoms with Gasteiger partial charge in [-0.3, -0.25) is 9.59 Å². The summed E-state index contributed by atoms with van der Waals surface area (Å²) in [6.07, 6.45) is 0. The van der Waals surface area contributed by atoms with Crippen molar-refractivity contribution in [1.29, 1.82) is 0 Å². The summed E-state index contributed by atoms with van der Waals surface area (Å²) >= 11 is 0. The van der Waals surface area contributed by atoms with E-state index in [1.807, 2.05) is 0 Å². The van der Waals surface area contributed by atoms with Crippen LogP contribution in [0.25, 0.3) is 0 Å². The number of hydrogen-bond donors (Lipinski definition) is 2. The minimum Gasteiger partial charge on any atom is -0.481 e. The zero-order valence-corrected chi connectivity index (χ0v) is 12.7. The van der Waals surface area contributed by atoms with Crippen LogP contribution in [0, 0.1) is 5.92 Å². The van der Waals surface area contributed by atoms with E-state index in [2.05, 4.69) is 5.32 Å². The van der Waals surface area contributed by atoms with Crippen molar-refractivity contribution in [3.63, 3.8) is 0 Å². The third-order valence-electron chi connectivity index (χ3n) is 3.53. The first-order chi connectivity index (χ1) is 9.92. The standard InChI is InChI=1S/C13H23N3O5/c1-4-14-11(17)6-16(5-2)13(20)15(3)10-8-21-7-9(10)12(18)19/h9-10H,4-8H2,1-3H3,(H,14,17)(H,18,19). The quantitative estimate of drug-likeness (QED) is 0.695. The maximum absolute atomic E-state index is 12.4. The van der Waals surface area contributed by atoms with Gasteiger partial charge in [-0.25, -0.2) is 4.79 Å². The van der Waals surface area contributed by atoms with Crippen molar-refractivity contribution in [2.24, 2.45) is 5.92 Å². The highest BCUT2D eigenvalue weighted by Crippen LogP contribution is 2.20. The first kappa shape index (κ1) is 17.2. The van der Waals surface area contributed by atoms with Gasteiger partial charge in [0.2, 0.25) is 5.91 Å². The number of carboxylic acid groups (broad SMARTS) is 1. The molecule has 0 aromatic heterocycles. The average Bonchev–Trinajstić information content (AvgIpc) is 2.93. The minimum absolute atomic E-state index is 0.0428. The number of likely N-dealkylation sites (N-methyl/N-ethyl adjacent to an activating group) is 3. The lowest BCUT2D eigenvalue weighted by Crippen LogP contribution is -2.52. The summed E-state index contributed by atoms with van der Waals surface area (Å²) in [6, 6.07) is -0.885. The normalized spacial score (nSPS) is 20.9. The molecule has 2 atom stereocenters. The smallest absolute Gasteiger partial charge is 0.320 e. The van der Waals surface area contributed by atoms with Crippen LogP contribution >= 0.6 is 0 Å². The molecule has 1 aliphatic rings. The van der Waals surface area contributed by atoms with E-state index in [0.717, 1.165) is 0 Å². The first-order valence-corrected chi connectivity index (χ1v) is 7.01. The van der Waals surface area contributed by atoms with Gasteiger partial charge in [0.1, 0.15) is 12.5 Å². The molecular weight excluding hydrogens is 278 g/mol. The highest BCUT2D eigenvalue weighted by atomic mass is 16.5. The van der Waals surface area contributed by atoms with Crippen molar-refractivity contribution < 1.29 is 24.2 Å². The van der Waals surface area contributed by atoms with E-state index >= 15 is 0 Å². The number of urea groups is 1. The Kier molecular flexibility index (Phi) is 6.41. The van der Waals surface area contributed by atoms with Crippen LogP contribution < -0.4 is 5.32 Å². The van der Waals surface area contributed by atoms with Gasteiger partial charge in [-0.2, -0.15) is 0 Å². The zero-order chi connectivity index (χ0) is 16.0. The number of carboxylic acids is 1. The third-order valence-corrected chi connectivity index (χ3v) is 3.53. The summed E-state index contributed by atoms with van der Waals surface area (Å²) in [6.45, 7) is 4.68. The van der Waals surface area contributed by atoms with Crippen molar-refractivity contribution in [3.8, 4) is 0 Å². The van der Waals surface area contributed by atoms with Gasteiger partial charge in [0.25, 0.3) is 0 Å². The molecule has 120 valence electrons. The lowest BCUT2D eigenvalue weighted by molar-refractivity contribution is -0.142. The fourth-order valence-corrected chi connectivity index (χ4v) is 2.27. The number of ether oxygens (including phenoxy) is 1. The number of nitrogens with one attached hydrogen (secondary N) is 1. The minimum atomic E-state index is -0.982. The van der Waals surface area contributed by atoms with Crippen molar-refractivity contribution in [2.45, 2.75) is 19.9 Å². The van der Waals surface area contributed by atoms with Gasteiger partial charge >= 0.3 is 12.0 Å². The Balaban J connectivity index is 2.70. The molecule has 2 N–H and O–H groups in total. The molecular formula is C13H23N3O5. The van der Waals surface area contributed by atoms with Crippen LogP contribution in [-0.2, 0) is 14.3 Å². The number of carbonyl (C=O) groups is 3. The lowest BCUT2D eigenvalue weighted by Gasteiger charge is -2.31. The van der Waals surface area contributed by atoms with Crippen LogP contribution in [0.4, 0.5) is 4.79 Å². The topological polar surface area (TPSA) is 99.2 Å². The van der Waals surface area contributed by atoms with Gasteiger partial charge in [-0.15, -0.1) is 0 Å². The highest BCUT2D eigenvalue weighted by molar-refractivity contribution is 5.84. The molecule has 1 fully saturated rings. The van der Waals surface area contributed by atoms with Crippen LogP contribution in [0.2, 0.25) is 0 Å². The molecule has 0 aliphatic carbocycles. The van der Waals surface area contributed by atoms with Gasteiger partial charge in [-0.1, -0.05) is 0 Å². The number of amides is 3. The Hall–Kier alpha value is -1.83. The number of rotatable bonds is 6. The molecule has 8 nitrogen and oxygen atoms in total. The molecule has 0 bridgehead atoms. The second kappa shape index (κ2) is 7.82. The second-order valence-corrected chi connectivity index (χ2v) is 4.91. The molecule has 21 heavy (non-hydrogen) atoms. The molecule has 0 saturated carbocycles. The van der Waals surface area contributed by atoms with E-state index < -0.39 is 17.9 Å². The van der Waals surface area contributed by atoms with E-state index in [1.165, 1.54) is 16.8 Å². The van der Waals surface area contributed by atoms with Crippen LogP contribution in [0.5, 0.6) is 0 Å². The Morgan fingerprint density at radius 3 is 2.48 bits per heavy atom. The maximum atomic E-state index is 12.4. The van der Waals surface area contributed by atoms with Crippen LogP contribution in [0.15, 0.2) is 0 Å². The summed E-state index contributed by atoms with van der Waals surface area (Å²) in [4.78, 5) is 37.9. The van der Waals surface area contributed by atoms with Crippen molar-refractivity contribution >= 4 is 17.9 Å². The largest absolute Gasteiger partial charge is 0.481 e. The van der Waals surface area contributed by atoms with Gasteiger partial charge in [0.15, 0.2) is 0 Å². The number of nitrogens with zero attached hydrogens (tertiary/aromatic N) is 2. The van der Waals surface area contributed by atoms with E-state index in [4.69, 9.17) is 9.84 Å². The van der Waals surface area contributed by atoms with E-state index in [-0.39, 0.29) is 31.7 Å². The fraction of sp³-hybridized carbons (Fsp3) is 0.769. The Morgan fingerprint density at radius 1 is 1.29 bits per heavy atom. The highest BCUT2D eigenvalue weighted by Gasteiger charge is 2.39. The zero-order valence-electron chi connectivity index (χ0n) is 12.7. The molecule has 0 aromatic carbocycles. The summed E-state index contributed by atoms with van der Waals surface area (Å²) in [7, 11) is 1.54. The monoisotopic (exact) mass is 301 g/mol. The van der Waals surface area contributed by atoms with Crippen LogP contribution in [0.3, 0.4) is 0 Å². The fourth-order valence-electron chi connectivity index (χ4n) is 2.27. The Bertz CT molecular complexity index is 401. The molecule has 0 radical (unpaired) electrons. The van der Waals surface area contributed by atoms with Crippen molar-refractivity contribution in [3.05, 3.63) is 0 Å². The molecule has 0 spiro atoms. The van der Waals surface area contributed by atoms with Crippen molar-refractivity contribution in [1.82, 2.24) is 15.1 Å². The summed E-state index contributed by atoms with van der Waals surface area (Å²) in [5, 5.41) is 11.8. The summed E-state index contributed by atoms with van der Waals surface area (Å²) < 4.78 is 5.16. The third kappa shape index (κ3) is 4.32. The van der Waals surface area contributed by atoms with E-state index in [0.29, 0.717) is 13.1 Å². The van der Waals surface area contributed by atoms with Crippen LogP contribution in [-0.4, -0.2) is 78.8 Å². The van der Waals surface area contributed by atoms with Gasteiger partial charge < -0.3 is 25.0 Å². The van der Waals surface area contributed by atoms with Crippen molar-refractivity contribution in [2.75, 3.05) is 39.9 Å².